The Hall–Kier alpha value is -2.80. The van der Waals surface area contributed by atoms with Crippen molar-refractivity contribution in [3.8, 4) is 5.75 Å². The van der Waals surface area contributed by atoms with Crippen molar-refractivity contribution in [2.24, 2.45) is 9.98 Å². The summed E-state index contributed by atoms with van der Waals surface area (Å²) in [5.74, 6) is 0.797. The van der Waals surface area contributed by atoms with Crippen molar-refractivity contribution in [2.75, 3.05) is 31.3 Å². The number of benzene rings is 2. The lowest BCUT2D eigenvalue weighted by Gasteiger charge is -2.35. The van der Waals surface area contributed by atoms with E-state index in [4.69, 9.17) is 14.7 Å². The third-order valence-corrected chi connectivity index (χ3v) is 6.99. The zero-order valence-corrected chi connectivity index (χ0v) is 21.5. The normalized spacial score (nSPS) is 17.4. The first-order chi connectivity index (χ1) is 16.2. The second-order valence-electron chi connectivity index (χ2n) is 9.77. The Bertz CT molecular complexity index is 1080. The first-order valence-electron chi connectivity index (χ1n) is 11.9. The van der Waals surface area contributed by atoms with E-state index in [1.807, 2.05) is 36.1 Å². The van der Waals surface area contributed by atoms with E-state index in [9.17, 15) is 4.79 Å². The van der Waals surface area contributed by atoms with Crippen molar-refractivity contribution >= 4 is 34.2 Å². The van der Waals surface area contributed by atoms with Crippen LogP contribution >= 0.6 is 11.8 Å². The number of carbonyl (C=O) groups is 1. The fourth-order valence-corrected chi connectivity index (χ4v) is 4.89. The molecule has 34 heavy (non-hydrogen) atoms. The minimum atomic E-state index is -0.466. The molecule has 0 aromatic heterocycles. The van der Waals surface area contributed by atoms with Gasteiger partial charge in [-0.15, -0.1) is 11.8 Å². The molecule has 4 rings (SSSR count). The van der Waals surface area contributed by atoms with Crippen LogP contribution in [0.1, 0.15) is 51.7 Å². The fraction of sp³-hybridized carbons (Fsp3) is 0.444. The summed E-state index contributed by atoms with van der Waals surface area (Å²) >= 11 is 1.64. The van der Waals surface area contributed by atoms with E-state index in [1.54, 1.807) is 11.8 Å². The van der Waals surface area contributed by atoms with Crippen molar-refractivity contribution in [1.82, 2.24) is 4.90 Å². The first-order valence-corrected chi connectivity index (χ1v) is 13.1. The molecule has 2 amide bonds. The fourth-order valence-electron chi connectivity index (χ4n) is 4.28. The molecule has 2 aliphatic heterocycles. The molecule has 0 unspecified atom stereocenters. The number of hydrogen-bond acceptors (Lipinski definition) is 5. The summed E-state index contributed by atoms with van der Waals surface area (Å²) in [6.07, 6.45) is 3.49. The molecule has 0 radical (unpaired) electrons. The number of urea groups is 1. The molecule has 0 atom stereocenters. The van der Waals surface area contributed by atoms with Gasteiger partial charge in [0.1, 0.15) is 10.8 Å². The van der Waals surface area contributed by atoms with Crippen LogP contribution in [0.15, 0.2) is 58.5 Å². The Morgan fingerprint density at radius 2 is 1.71 bits per heavy atom. The van der Waals surface area contributed by atoms with Gasteiger partial charge in [0, 0.05) is 37.2 Å². The first kappa shape index (κ1) is 24.3. The molecule has 6 nitrogen and oxygen atoms in total. The topological polar surface area (TPSA) is 66.3 Å². The summed E-state index contributed by atoms with van der Waals surface area (Å²) in [4.78, 5) is 24.8. The molecular formula is C27H34N4O2S. The largest absolute Gasteiger partial charge is 0.494 e. The van der Waals surface area contributed by atoms with Gasteiger partial charge >= 0.3 is 6.03 Å². The van der Waals surface area contributed by atoms with E-state index < -0.39 is 5.66 Å². The number of hydrogen-bond donors (Lipinski definition) is 1. The molecule has 180 valence electrons. The van der Waals surface area contributed by atoms with Crippen LogP contribution in [0.3, 0.4) is 0 Å². The summed E-state index contributed by atoms with van der Waals surface area (Å²) in [6, 6.07) is 16.1. The highest BCUT2D eigenvalue weighted by Crippen LogP contribution is 2.35. The van der Waals surface area contributed by atoms with Crippen LogP contribution in [0.5, 0.6) is 5.75 Å². The van der Waals surface area contributed by atoms with E-state index in [0.29, 0.717) is 19.7 Å². The van der Waals surface area contributed by atoms with Crippen LogP contribution in [-0.2, 0) is 5.41 Å². The van der Waals surface area contributed by atoms with Crippen LogP contribution in [0.4, 0.5) is 10.5 Å². The average molecular weight is 479 g/mol. The number of ether oxygens (including phenoxy) is 1. The number of piperidine rings is 1. The van der Waals surface area contributed by atoms with Gasteiger partial charge in [0.25, 0.3) is 0 Å². The van der Waals surface area contributed by atoms with Gasteiger partial charge < -0.3 is 15.0 Å². The molecule has 1 spiro atoms. The average Bonchev–Trinajstić information content (AvgIpc) is 3.18. The van der Waals surface area contributed by atoms with Crippen LogP contribution in [0.2, 0.25) is 0 Å². The number of likely N-dealkylation sites (tertiary alicyclic amines) is 1. The summed E-state index contributed by atoms with van der Waals surface area (Å²) in [5.41, 5.74) is 3.79. The zero-order chi connectivity index (χ0) is 24.3. The lowest BCUT2D eigenvalue weighted by molar-refractivity contribution is 0.175. The molecule has 0 aliphatic carbocycles. The number of anilines is 1. The monoisotopic (exact) mass is 478 g/mol. The summed E-state index contributed by atoms with van der Waals surface area (Å²) in [6.45, 7) is 10.5. The molecule has 1 fully saturated rings. The number of aliphatic imine (C=N–C) groups is 2. The number of amides is 2. The third kappa shape index (κ3) is 5.30. The second kappa shape index (κ2) is 9.82. The lowest BCUT2D eigenvalue weighted by atomic mass is 9.86. The van der Waals surface area contributed by atoms with E-state index in [2.05, 4.69) is 56.6 Å². The second-order valence-corrected chi connectivity index (χ2v) is 10.6. The van der Waals surface area contributed by atoms with Gasteiger partial charge in [-0.3, -0.25) is 4.99 Å². The maximum absolute atomic E-state index is 12.8. The van der Waals surface area contributed by atoms with E-state index in [1.165, 1.54) is 5.56 Å². The molecule has 1 N–H and O–H groups in total. The van der Waals surface area contributed by atoms with Crippen molar-refractivity contribution in [2.45, 2.75) is 51.6 Å². The smallest absolute Gasteiger partial charge is 0.321 e. The number of rotatable bonds is 4. The predicted octanol–water partition coefficient (Wildman–Crippen LogP) is 5.97. The summed E-state index contributed by atoms with van der Waals surface area (Å²) < 4.78 is 5.47. The quantitative estimate of drug-likeness (QED) is 0.589. The molecule has 0 saturated carbocycles. The Kier molecular flexibility index (Phi) is 7.03. The Balaban J connectivity index is 1.42. The molecule has 0 bridgehead atoms. The third-order valence-electron chi connectivity index (χ3n) is 6.32. The van der Waals surface area contributed by atoms with Gasteiger partial charge in [-0.2, -0.15) is 0 Å². The number of nitrogens with one attached hydrogen (secondary N) is 1. The maximum atomic E-state index is 12.8. The van der Waals surface area contributed by atoms with Gasteiger partial charge in [0.05, 0.1) is 12.3 Å². The highest BCUT2D eigenvalue weighted by molar-refractivity contribution is 8.15. The molecular weight excluding hydrogens is 444 g/mol. The summed E-state index contributed by atoms with van der Waals surface area (Å²) in [5, 5.41) is 3.97. The van der Waals surface area contributed by atoms with Gasteiger partial charge in [0.15, 0.2) is 5.66 Å². The SMILES string of the molecule is CCOc1ccc(NC(=O)N2CCC3(CC2)N=C(SC)C(c2ccc(C(C)(C)C)cc2)=N3)cc1. The predicted molar refractivity (Wildman–Crippen MR) is 143 cm³/mol. The lowest BCUT2D eigenvalue weighted by Crippen LogP contribution is -2.46. The number of carbonyl (C=O) groups excluding carboxylic acids is 1. The van der Waals surface area contributed by atoms with Crippen LogP contribution in [0.25, 0.3) is 0 Å². The number of thioether (sulfide) groups is 1. The Morgan fingerprint density at radius 1 is 1.06 bits per heavy atom. The van der Waals surface area contributed by atoms with Crippen LogP contribution in [0, 0.1) is 0 Å². The van der Waals surface area contributed by atoms with Gasteiger partial charge in [-0.1, -0.05) is 45.0 Å². The van der Waals surface area contributed by atoms with E-state index in [0.717, 1.165) is 40.6 Å². The van der Waals surface area contributed by atoms with Gasteiger partial charge in [-0.05, 0) is 48.4 Å². The highest BCUT2D eigenvalue weighted by atomic mass is 32.2. The van der Waals surface area contributed by atoms with E-state index in [-0.39, 0.29) is 11.4 Å². The van der Waals surface area contributed by atoms with Gasteiger partial charge in [-0.25, -0.2) is 9.79 Å². The highest BCUT2D eigenvalue weighted by Gasteiger charge is 2.40. The zero-order valence-electron chi connectivity index (χ0n) is 20.7. The minimum absolute atomic E-state index is 0.0898. The summed E-state index contributed by atoms with van der Waals surface area (Å²) in [7, 11) is 0. The van der Waals surface area contributed by atoms with Gasteiger partial charge in [0.2, 0.25) is 0 Å². The van der Waals surface area contributed by atoms with Crippen LogP contribution < -0.4 is 10.1 Å². The van der Waals surface area contributed by atoms with Crippen LogP contribution in [-0.4, -0.2) is 53.3 Å². The maximum Gasteiger partial charge on any atom is 0.321 e. The number of nitrogens with zero attached hydrogens (tertiary/aromatic N) is 3. The molecule has 2 aromatic rings. The molecule has 7 heteroatoms. The molecule has 1 saturated heterocycles. The molecule has 2 heterocycles. The van der Waals surface area contributed by atoms with Crippen molar-refractivity contribution in [3.63, 3.8) is 0 Å². The van der Waals surface area contributed by atoms with Crippen molar-refractivity contribution < 1.29 is 9.53 Å². The van der Waals surface area contributed by atoms with E-state index >= 15 is 0 Å². The molecule has 2 aromatic carbocycles. The van der Waals surface area contributed by atoms with Crippen molar-refractivity contribution in [3.05, 3.63) is 59.7 Å². The van der Waals surface area contributed by atoms with Crippen molar-refractivity contribution in [1.29, 1.82) is 0 Å². The molecule has 2 aliphatic rings. The minimum Gasteiger partial charge on any atom is -0.494 e. The standard InChI is InChI=1S/C27H34N4O2S/c1-6-33-22-13-11-21(12-14-22)28-25(32)31-17-15-27(16-18-31)29-23(24(30-27)34-5)19-7-9-20(10-8-19)26(2,3)4/h7-14H,6,15-18H2,1-5H3,(H,28,32). The Labute approximate surface area is 206 Å². The Morgan fingerprint density at radius 3 is 2.26 bits per heavy atom.